The quantitative estimate of drug-likeness (QED) is 0.569. The van der Waals surface area contributed by atoms with E-state index in [0.717, 1.165) is 10.3 Å². The summed E-state index contributed by atoms with van der Waals surface area (Å²) in [5, 5.41) is 5.46. The number of fused-ring (bicyclic) bond motifs is 1. The van der Waals surface area contributed by atoms with Gasteiger partial charge in [0.25, 0.3) is 11.4 Å². The molecule has 0 aliphatic carbocycles. The van der Waals surface area contributed by atoms with Crippen molar-refractivity contribution in [2.24, 2.45) is 7.05 Å². The average molecular weight is 310 g/mol. The molecule has 3 heterocycles. The van der Waals surface area contributed by atoms with E-state index in [4.69, 9.17) is 4.52 Å². The lowest BCUT2D eigenvalue weighted by molar-refractivity contribution is 0.429. The summed E-state index contributed by atoms with van der Waals surface area (Å²) < 4.78 is 6.84. The zero-order chi connectivity index (χ0) is 15.1. The van der Waals surface area contributed by atoms with Gasteiger partial charge >= 0.3 is 0 Å². The summed E-state index contributed by atoms with van der Waals surface area (Å²) in [6, 6.07) is 9.31. The van der Waals surface area contributed by atoms with Crippen molar-refractivity contribution in [1.82, 2.24) is 19.7 Å². The van der Waals surface area contributed by atoms with E-state index in [0.29, 0.717) is 22.8 Å². The molecular weight excluding hydrogens is 300 g/mol. The molecule has 0 radical (unpaired) electrons. The fourth-order valence-corrected chi connectivity index (χ4v) is 2.86. The maximum atomic E-state index is 12.4. The Morgan fingerprint density at radius 2 is 2.14 bits per heavy atom. The summed E-state index contributed by atoms with van der Waals surface area (Å²) in [4.78, 5) is 21.6. The minimum atomic E-state index is -0.0920. The summed E-state index contributed by atoms with van der Waals surface area (Å²) in [5.41, 5.74) is 2.20. The largest absolute Gasteiger partial charge is 0.332 e. The molecule has 7 heteroatoms. The van der Waals surface area contributed by atoms with Crippen molar-refractivity contribution in [1.29, 1.82) is 0 Å². The molecular formula is C15H10N4O2S. The van der Waals surface area contributed by atoms with E-state index in [9.17, 15) is 4.79 Å². The summed E-state index contributed by atoms with van der Waals surface area (Å²) in [7, 11) is 1.70. The Hall–Kier alpha value is -2.80. The standard InChI is InChI=1S/C15H10N4O2S/c1-19-11(6-9-4-2-3-5-10(9)15(19)20)14-17-13(18-21-14)12-7-16-8-22-12/h2-8H,1H3. The van der Waals surface area contributed by atoms with Crippen molar-refractivity contribution in [2.75, 3.05) is 0 Å². The van der Waals surface area contributed by atoms with Gasteiger partial charge in [0.15, 0.2) is 0 Å². The molecule has 0 amide bonds. The minimum absolute atomic E-state index is 0.0920. The van der Waals surface area contributed by atoms with Gasteiger partial charge < -0.3 is 9.09 Å². The van der Waals surface area contributed by atoms with E-state index in [2.05, 4.69) is 15.1 Å². The molecule has 0 saturated carbocycles. The van der Waals surface area contributed by atoms with Gasteiger partial charge in [-0.25, -0.2) is 0 Å². The summed E-state index contributed by atoms with van der Waals surface area (Å²) in [6.07, 6.45) is 1.68. The van der Waals surface area contributed by atoms with Crippen LogP contribution in [0.4, 0.5) is 0 Å². The van der Waals surface area contributed by atoms with E-state index in [-0.39, 0.29) is 5.56 Å². The second-order valence-corrected chi connectivity index (χ2v) is 5.66. The lowest BCUT2D eigenvalue weighted by Gasteiger charge is -2.06. The van der Waals surface area contributed by atoms with Crippen molar-refractivity contribution < 1.29 is 4.52 Å². The Morgan fingerprint density at radius 3 is 2.95 bits per heavy atom. The van der Waals surface area contributed by atoms with Crippen LogP contribution in [0, 0.1) is 0 Å². The molecule has 0 N–H and O–H groups in total. The highest BCUT2D eigenvalue weighted by molar-refractivity contribution is 7.13. The van der Waals surface area contributed by atoms with Crippen LogP contribution in [0.15, 0.2) is 51.4 Å². The summed E-state index contributed by atoms with van der Waals surface area (Å²) in [6.45, 7) is 0. The third kappa shape index (κ3) is 1.94. The highest BCUT2D eigenvalue weighted by Gasteiger charge is 2.16. The average Bonchev–Trinajstić information content (AvgIpc) is 3.21. The van der Waals surface area contributed by atoms with Gasteiger partial charge in [0, 0.05) is 18.6 Å². The van der Waals surface area contributed by atoms with Crippen molar-refractivity contribution in [3.63, 3.8) is 0 Å². The van der Waals surface area contributed by atoms with Crippen molar-refractivity contribution in [3.8, 4) is 22.3 Å². The molecule has 1 aromatic carbocycles. The zero-order valence-corrected chi connectivity index (χ0v) is 12.4. The number of hydrogen-bond donors (Lipinski definition) is 0. The first kappa shape index (κ1) is 12.9. The molecule has 4 rings (SSSR count). The van der Waals surface area contributed by atoms with Gasteiger partial charge in [-0.1, -0.05) is 23.4 Å². The molecule has 0 unspecified atom stereocenters. The van der Waals surface area contributed by atoms with E-state index in [1.807, 2.05) is 24.3 Å². The van der Waals surface area contributed by atoms with E-state index >= 15 is 0 Å². The third-order valence-electron chi connectivity index (χ3n) is 3.45. The molecule has 0 fully saturated rings. The normalized spacial score (nSPS) is 11.1. The van der Waals surface area contributed by atoms with Crippen LogP contribution < -0.4 is 5.56 Å². The highest BCUT2D eigenvalue weighted by atomic mass is 32.1. The number of thiazole rings is 1. The van der Waals surface area contributed by atoms with Crippen molar-refractivity contribution in [3.05, 3.63) is 52.4 Å². The molecule has 3 aromatic heterocycles. The Balaban J connectivity index is 1.91. The van der Waals surface area contributed by atoms with Crippen LogP contribution >= 0.6 is 11.3 Å². The first-order valence-corrected chi connectivity index (χ1v) is 7.44. The van der Waals surface area contributed by atoms with Gasteiger partial charge in [-0.3, -0.25) is 9.78 Å². The molecule has 0 saturated heterocycles. The molecule has 0 aliphatic rings. The molecule has 108 valence electrons. The highest BCUT2D eigenvalue weighted by Crippen LogP contribution is 2.25. The van der Waals surface area contributed by atoms with Gasteiger partial charge in [0.05, 0.1) is 10.4 Å². The van der Waals surface area contributed by atoms with Crippen LogP contribution in [0.2, 0.25) is 0 Å². The van der Waals surface area contributed by atoms with Crippen LogP contribution in [0.25, 0.3) is 33.1 Å². The minimum Gasteiger partial charge on any atom is -0.332 e. The molecule has 0 atom stereocenters. The number of rotatable bonds is 2. The van der Waals surface area contributed by atoms with Gasteiger partial charge in [-0.15, -0.1) is 11.3 Å². The van der Waals surface area contributed by atoms with Gasteiger partial charge in [0.2, 0.25) is 5.82 Å². The molecule has 22 heavy (non-hydrogen) atoms. The topological polar surface area (TPSA) is 73.8 Å². The van der Waals surface area contributed by atoms with Crippen LogP contribution in [0.5, 0.6) is 0 Å². The Bertz CT molecular complexity index is 1020. The first-order chi connectivity index (χ1) is 10.7. The number of hydrogen-bond acceptors (Lipinski definition) is 6. The molecule has 0 bridgehead atoms. The summed E-state index contributed by atoms with van der Waals surface area (Å²) in [5.74, 6) is 0.784. The number of benzene rings is 1. The monoisotopic (exact) mass is 310 g/mol. The van der Waals surface area contributed by atoms with E-state index < -0.39 is 0 Å². The molecule has 4 aromatic rings. The Morgan fingerprint density at radius 1 is 1.27 bits per heavy atom. The lowest BCUT2D eigenvalue weighted by Crippen LogP contribution is -2.18. The van der Waals surface area contributed by atoms with Gasteiger partial charge in [0.1, 0.15) is 5.69 Å². The Labute approximate surface area is 128 Å². The number of nitrogens with zero attached hydrogens (tertiary/aromatic N) is 4. The maximum absolute atomic E-state index is 12.4. The lowest BCUT2D eigenvalue weighted by atomic mass is 10.1. The number of aromatic nitrogens is 4. The van der Waals surface area contributed by atoms with Crippen molar-refractivity contribution >= 4 is 22.1 Å². The van der Waals surface area contributed by atoms with E-state index in [1.165, 1.54) is 15.9 Å². The smallest absolute Gasteiger partial charge is 0.275 e. The van der Waals surface area contributed by atoms with Gasteiger partial charge in [-0.2, -0.15) is 4.98 Å². The second-order valence-electron chi connectivity index (χ2n) is 4.77. The van der Waals surface area contributed by atoms with E-state index in [1.54, 1.807) is 24.8 Å². The van der Waals surface area contributed by atoms with Crippen LogP contribution in [0.3, 0.4) is 0 Å². The van der Waals surface area contributed by atoms with Crippen LogP contribution in [-0.2, 0) is 7.05 Å². The molecule has 6 nitrogen and oxygen atoms in total. The fourth-order valence-electron chi connectivity index (χ4n) is 2.31. The predicted octanol–water partition coefficient (Wildman–Crippen LogP) is 2.71. The molecule has 0 spiro atoms. The zero-order valence-electron chi connectivity index (χ0n) is 11.6. The van der Waals surface area contributed by atoms with Crippen LogP contribution in [0.1, 0.15) is 0 Å². The Kier molecular flexibility index (Phi) is 2.87. The molecule has 0 aliphatic heterocycles. The van der Waals surface area contributed by atoms with Gasteiger partial charge in [-0.05, 0) is 17.5 Å². The number of pyridine rings is 1. The fraction of sp³-hybridized carbons (Fsp3) is 0.0667. The summed E-state index contributed by atoms with van der Waals surface area (Å²) >= 11 is 1.43. The third-order valence-corrected chi connectivity index (χ3v) is 4.22. The second kappa shape index (κ2) is 4.88. The predicted molar refractivity (Wildman–Crippen MR) is 83.6 cm³/mol. The van der Waals surface area contributed by atoms with Crippen molar-refractivity contribution in [2.45, 2.75) is 0 Å². The van der Waals surface area contributed by atoms with Crippen LogP contribution in [-0.4, -0.2) is 19.7 Å². The maximum Gasteiger partial charge on any atom is 0.275 e. The SMILES string of the molecule is Cn1c(-c2nc(-c3cncs3)no2)cc2ccccc2c1=O. The first-order valence-electron chi connectivity index (χ1n) is 6.56.